The highest BCUT2D eigenvalue weighted by atomic mass is 16.5. The maximum Gasteiger partial charge on any atom is 0.221 e. The fourth-order valence-corrected chi connectivity index (χ4v) is 1.96. The van der Waals surface area contributed by atoms with Gasteiger partial charge >= 0.3 is 0 Å². The Hall–Kier alpha value is -1.55. The van der Waals surface area contributed by atoms with Crippen LogP contribution in [0, 0.1) is 0 Å². The lowest BCUT2D eigenvalue weighted by molar-refractivity contribution is -0.114. The number of carbonyl (C=O) groups is 1. The number of benzene rings is 1. The van der Waals surface area contributed by atoms with Crippen molar-refractivity contribution >= 4 is 11.6 Å². The van der Waals surface area contributed by atoms with Crippen molar-refractivity contribution in [2.45, 2.75) is 25.9 Å². The first-order chi connectivity index (χ1) is 8.24. The minimum absolute atomic E-state index is 0.0681. The lowest BCUT2D eigenvalue weighted by atomic mass is 10.1. The van der Waals surface area contributed by atoms with Gasteiger partial charge in [0, 0.05) is 25.2 Å². The molecule has 0 bridgehead atoms. The van der Waals surface area contributed by atoms with E-state index in [2.05, 4.69) is 10.6 Å². The topological polar surface area (TPSA) is 50.4 Å². The minimum atomic E-state index is -0.0681. The van der Waals surface area contributed by atoms with Crippen LogP contribution in [0.5, 0.6) is 5.75 Å². The summed E-state index contributed by atoms with van der Waals surface area (Å²) >= 11 is 0. The monoisotopic (exact) mass is 234 g/mol. The van der Waals surface area contributed by atoms with E-state index in [1.165, 1.54) is 6.92 Å². The molecule has 1 amide bonds. The zero-order valence-electron chi connectivity index (χ0n) is 10.0. The highest BCUT2D eigenvalue weighted by Gasteiger charge is 2.14. The van der Waals surface area contributed by atoms with Crippen LogP contribution in [0.25, 0.3) is 0 Å². The third kappa shape index (κ3) is 3.75. The Morgan fingerprint density at radius 2 is 2.41 bits per heavy atom. The Morgan fingerprint density at radius 3 is 3.12 bits per heavy atom. The summed E-state index contributed by atoms with van der Waals surface area (Å²) in [5.41, 5.74) is 0.777. The molecule has 0 radical (unpaired) electrons. The molecule has 2 rings (SSSR count). The van der Waals surface area contributed by atoms with Crippen LogP contribution in [0.1, 0.15) is 19.8 Å². The SMILES string of the molecule is CC(=O)Nc1cccc(OC2CCCNC2)c1. The molecule has 1 unspecified atom stereocenters. The van der Waals surface area contributed by atoms with Crippen molar-refractivity contribution in [1.82, 2.24) is 5.32 Å². The van der Waals surface area contributed by atoms with Crippen molar-refractivity contribution in [1.29, 1.82) is 0 Å². The Morgan fingerprint density at radius 1 is 1.53 bits per heavy atom. The largest absolute Gasteiger partial charge is 0.489 e. The van der Waals surface area contributed by atoms with Gasteiger partial charge in [-0.1, -0.05) is 6.07 Å². The summed E-state index contributed by atoms with van der Waals surface area (Å²) in [6.45, 7) is 3.47. The molecule has 0 saturated carbocycles. The first-order valence-corrected chi connectivity index (χ1v) is 5.99. The molecule has 0 aromatic heterocycles. The molecule has 0 aliphatic carbocycles. The summed E-state index contributed by atoms with van der Waals surface area (Å²) in [6.07, 6.45) is 2.46. The quantitative estimate of drug-likeness (QED) is 0.838. The molecular formula is C13H18N2O2. The zero-order chi connectivity index (χ0) is 12.1. The summed E-state index contributed by atoms with van der Waals surface area (Å²) in [5, 5.41) is 6.06. The summed E-state index contributed by atoms with van der Waals surface area (Å²) < 4.78 is 5.86. The Bertz CT molecular complexity index is 387. The molecule has 1 heterocycles. The van der Waals surface area contributed by atoms with Crippen molar-refractivity contribution < 1.29 is 9.53 Å². The maximum absolute atomic E-state index is 11.0. The highest BCUT2D eigenvalue weighted by Crippen LogP contribution is 2.20. The molecule has 1 aliphatic heterocycles. The fraction of sp³-hybridized carbons (Fsp3) is 0.462. The number of rotatable bonds is 3. The molecule has 1 aromatic carbocycles. The molecule has 4 nitrogen and oxygen atoms in total. The second kappa shape index (κ2) is 5.68. The average Bonchev–Trinajstić information content (AvgIpc) is 2.30. The number of hydrogen-bond acceptors (Lipinski definition) is 3. The Labute approximate surface area is 101 Å². The van der Waals surface area contributed by atoms with E-state index in [1.807, 2.05) is 24.3 Å². The molecule has 0 spiro atoms. The lowest BCUT2D eigenvalue weighted by Crippen LogP contribution is -2.37. The highest BCUT2D eigenvalue weighted by molar-refractivity contribution is 5.88. The molecule has 2 N–H and O–H groups in total. The summed E-state index contributed by atoms with van der Waals surface area (Å²) in [7, 11) is 0. The molecule has 1 atom stereocenters. The molecule has 17 heavy (non-hydrogen) atoms. The van der Waals surface area contributed by atoms with Crippen LogP contribution in [0.3, 0.4) is 0 Å². The maximum atomic E-state index is 11.0. The molecule has 92 valence electrons. The third-order valence-corrected chi connectivity index (χ3v) is 2.71. The van der Waals surface area contributed by atoms with Gasteiger partial charge in [0.1, 0.15) is 11.9 Å². The number of ether oxygens (including phenoxy) is 1. The van der Waals surface area contributed by atoms with Gasteiger partial charge in [-0.25, -0.2) is 0 Å². The predicted octanol–water partition coefficient (Wildman–Crippen LogP) is 1.78. The second-order valence-electron chi connectivity index (χ2n) is 4.30. The lowest BCUT2D eigenvalue weighted by Gasteiger charge is -2.24. The Kier molecular flexibility index (Phi) is 3.98. The van der Waals surface area contributed by atoms with E-state index in [0.29, 0.717) is 0 Å². The zero-order valence-corrected chi connectivity index (χ0v) is 10.0. The van der Waals surface area contributed by atoms with Gasteiger partial charge in [-0.2, -0.15) is 0 Å². The van der Waals surface area contributed by atoms with Gasteiger partial charge in [-0.3, -0.25) is 4.79 Å². The van der Waals surface area contributed by atoms with E-state index >= 15 is 0 Å². The molecular weight excluding hydrogens is 216 g/mol. The third-order valence-electron chi connectivity index (χ3n) is 2.71. The fourth-order valence-electron chi connectivity index (χ4n) is 1.96. The summed E-state index contributed by atoms with van der Waals surface area (Å²) in [5.74, 6) is 0.742. The van der Waals surface area contributed by atoms with Gasteiger partial charge < -0.3 is 15.4 Å². The number of amides is 1. The van der Waals surface area contributed by atoms with E-state index in [-0.39, 0.29) is 12.0 Å². The number of piperidine rings is 1. The standard InChI is InChI=1S/C13H18N2O2/c1-10(16)15-11-4-2-5-12(8-11)17-13-6-3-7-14-9-13/h2,4-5,8,13-14H,3,6-7,9H2,1H3,(H,15,16). The van der Waals surface area contributed by atoms with Crippen LogP contribution in [0.4, 0.5) is 5.69 Å². The van der Waals surface area contributed by atoms with Gasteiger partial charge in [0.25, 0.3) is 0 Å². The van der Waals surface area contributed by atoms with Crippen molar-refractivity contribution in [2.75, 3.05) is 18.4 Å². The molecule has 1 fully saturated rings. The van der Waals surface area contributed by atoms with Crippen molar-refractivity contribution in [2.24, 2.45) is 0 Å². The smallest absolute Gasteiger partial charge is 0.221 e. The summed E-state index contributed by atoms with van der Waals surface area (Å²) in [4.78, 5) is 11.0. The van der Waals surface area contributed by atoms with Crippen LogP contribution < -0.4 is 15.4 Å². The molecule has 1 aliphatic rings. The van der Waals surface area contributed by atoms with Gasteiger partial charge in [-0.15, -0.1) is 0 Å². The van der Waals surface area contributed by atoms with E-state index in [1.54, 1.807) is 0 Å². The van der Waals surface area contributed by atoms with Gasteiger partial charge in [0.2, 0.25) is 5.91 Å². The van der Waals surface area contributed by atoms with E-state index in [9.17, 15) is 4.79 Å². The first kappa shape index (κ1) is 11.9. The van der Waals surface area contributed by atoms with Gasteiger partial charge in [-0.05, 0) is 31.5 Å². The van der Waals surface area contributed by atoms with Gasteiger partial charge in [0.15, 0.2) is 0 Å². The number of nitrogens with one attached hydrogen (secondary N) is 2. The van der Waals surface area contributed by atoms with Crippen molar-refractivity contribution in [3.05, 3.63) is 24.3 Å². The molecule has 1 aromatic rings. The van der Waals surface area contributed by atoms with Crippen LogP contribution in [0.15, 0.2) is 24.3 Å². The van der Waals surface area contributed by atoms with Crippen molar-refractivity contribution in [3.8, 4) is 5.75 Å². The van der Waals surface area contributed by atoms with E-state index in [4.69, 9.17) is 4.74 Å². The van der Waals surface area contributed by atoms with Crippen LogP contribution in [0.2, 0.25) is 0 Å². The molecule has 4 heteroatoms. The number of carbonyl (C=O) groups excluding carboxylic acids is 1. The number of anilines is 1. The normalized spacial score (nSPS) is 19.7. The minimum Gasteiger partial charge on any atom is -0.489 e. The summed E-state index contributed by atoms with van der Waals surface area (Å²) in [6, 6.07) is 7.51. The van der Waals surface area contributed by atoms with E-state index < -0.39 is 0 Å². The van der Waals surface area contributed by atoms with Crippen molar-refractivity contribution in [3.63, 3.8) is 0 Å². The van der Waals surface area contributed by atoms with E-state index in [0.717, 1.165) is 37.4 Å². The first-order valence-electron chi connectivity index (χ1n) is 5.99. The van der Waals surface area contributed by atoms with Crippen LogP contribution >= 0.6 is 0 Å². The Balaban J connectivity index is 1.97. The molecule has 1 saturated heterocycles. The average molecular weight is 234 g/mol. The van der Waals surface area contributed by atoms with Gasteiger partial charge in [0.05, 0.1) is 0 Å². The van der Waals surface area contributed by atoms with Crippen LogP contribution in [-0.2, 0) is 4.79 Å². The predicted molar refractivity (Wildman–Crippen MR) is 67.3 cm³/mol. The number of hydrogen-bond donors (Lipinski definition) is 2. The second-order valence-corrected chi connectivity index (χ2v) is 4.30. The van der Waals surface area contributed by atoms with Crippen LogP contribution in [-0.4, -0.2) is 25.1 Å².